The summed E-state index contributed by atoms with van der Waals surface area (Å²) < 4.78 is 32.1. The number of benzene rings is 1. The van der Waals surface area contributed by atoms with Gasteiger partial charge < -0.3 is 10.5 Å². The molecule has 0 unspecified atom stereocenters. The minimum atomic E-state index is -3.91. The highest BCUT2D eigenvalue weighted by molar-refractivity contribution is 7.89. The molecule has 1 aliphatic rings. The van der Waals surface area contributed by atoms with Gasteiger partial charge in [0.15, 0.2) is 6.10 Å². The van der Waals surface area contributed by atoms with Crippen LogP contribution >= 0.6 is 0 Å². The number of fused-ring (bicyclic) bond motifs is 1. The van der Waals surface area contributed by atoms with Crippen molar-refractivity contribution < 1.29 is 27.5 Å². The van der Waals surface area contributed by atoms with E-state index >= 15 is 0 Å². The molecule has 9 nitrogen and oxygen atoms in total. The summed E-state index contributed by atoms with van der Waals surface area (Å²) in [7, 11) is -3.91. The molecule has 4 N–H and O–H groups in total. The molecule has 1 aromatic rings. The molecule has 0 bridgehead atoms. The molecule has 3 amide bonds. The van der Waals surface area contributed by atoms with Gasteiger partial charge in [-0.15, -0.1) is 0 Å². The molecule has 2 rings (SSSR count). The van der Waals surface area contributed by atoms with E-state index < -0.39 is 46.5 Å². The lowest BCUT2D eigenvalue weighted by molar-refractivity contribution is -0.157. The fourth-order valence-corrected chi connectivity index (χ4v) is 4.00. The minimum absolute atomic E-state index is 0.0767. The van der Waals surface area contributed by atoms with Crippen LogP contribution in [-0.2, 0) is 37.2 Å². The molecule has 0 saturated heterocycles. The summed E-state index contributed by atoms with van der Waals surface area (Å²) >= 11 is 0. The summed E-state index contributed by atoms with van der Waals surface area (Å²) in [5, 5.41) is 1.84. The van der Waals surface area contributed by atoms with Gasteiger partial charge in [-0.2, -0.15) is 4.72 Å². The molecular formula is C18H25N3O6S. The Balaban J connectivity index is 2.00. The second-order valence-electron chi connectivity index (χ2n) is 6.97. The van der Waals surface area contributed by atoms with Crippen molar-refractivity contribution in [2.75, 3.05) is 6.54 Å². The van der Waals surface area contributed by atoms with E-state index in [1.54, 1.807) is 26.0 Å². The van der Waals surface area contributed by atoms with Crippen LogP contribution < -0.4 is 15.8 Å². The molecule has 0 saturated carbocycles. The monoisotopic (exact) mass is 411 g/mol. The number of nitrogens with two attached hydrogens (primary N) is 1. The third-order valence-corrected chi connectivity index (χ3v) is 5.80. The zero-order chi connectivity index (χ0) is 20.9. The fraction of sp³-hybridized carbons (Fsp3) is 0.500. The number of amides is 3. The zero-order valence-electron chi connectivity index (χ0n) is 15.9. The average Bonchev–Trinajstić information content (AvgIpc) is 2.63. The highest BCUT2D eigenvalue weighted by atomic mass is 32.2. The second-order valence-corrected chi connectivity index (χ2v) is 8.74. The molecule has 0 radical (unpaired) electrons. The third-order valence-electron chi connectivity index (χ3n) is 4.41. The third kappa shape index (κ3) is 5.77. The first-order valence-corrected chi connectivity index (χ1v) is 10.5. The highest BCUT2D eigenvalue weighted by Crippen LogP contribution is 2.24. The second kappa shape index (κ2) is 9.16. The fourth-order valence-electron chi connectivity index (χ4n) is 2.98. The van der Waals surface area contributed by atoms with E-state index in [1.807, 2.05) is 5.32 Å². The number of ether oxygens (including phenoxy) is 1. The number of imide groups is 1. The van der Waals surface area contributed by atoms with Gasteiger partial charge in [0.2, 0.25) is 10.0 Å². The summed E-state index contributed by atoms with van der Waals surface area (Å²) in [5.74, 6) is -2.26. The van der Waals surface area contributed by atoms with E-state index in [4.69, 9.17) is 10.5 Å². The van der Waals surface area contributed by atoms with Crippen molar-refractivity contribution in [1.82, 2.24) is 10.0 Å². The average molecular weight is 411 g/mol. The Hall–Kier alpha value is -2.46. The van der Waals surface area contributed by atoms with Crippen LogP contribution in [0.4, 0.5) is 4.79 Å². The molecule has 0 aromatic heterocycles. The van der Waals surface area contributed by atoms with E-state index in [2.05, 4.69) is 4.72 Å². The molecule has 28 heavy (non-hydrogen) atoms. The van der Waals surface area contributed by atoms with Gasteiger partial charge in [-0.25, -0.2) is 13.2 Å². The van der Waals surface area contributed by atoms with Crippen LogP contribution in [-0.4, -0.2) is 39.0 Å². The van der Waals surface area contributed by atoms with Crippen LogP contribution in [0.25, 0.3) is 0 Å². The number of carbonyl (C=O) groups is 3. The van der Waals surface area contributed by atoms with Gasteiger partial charge in [0.05, 0.1) is 4.90 Å². The Morgan fingerprint density at radius 1 is 1.14 bits per heavy atom. The van der Waals surface area contributed by atoms with E-state index in [9.17, 15) is 22.8 Å². The largest absolute Gasteiger partial charge is 0.451 e. The van der Waals surface area contributed by atoms with Crippen molar-refractivity contribution in [1.29, 1.82) is 0 Å². The van der Waals surface area contributed by atoms with Crippen molar-refractivity contribution in [3.05, 3.63) is 29.3 Å². The maximum Gasteiger partial charge on any atom is 0.321 e. The van der Waals surface area contributed by atoms with Crippen LogP contribution in [0.5, 0.6) is 0 Å². The minimum Gasteiger partial charge on any atom is -0.451 e. The van der Waals surface area contributed by atoms with Crippen LogP contribution in [0.15, 0.2) is 23.1 Å². The number of urea groups is 1. The lowest BCUT2D eigenvalue weighted by Gasteiger charge is -2.20. The molecule has 1 aliphatic carbocycles. The summed E-state index contributed by atoms with van der Waals surface area (Å²) in [6, 6.07) is 3.86. The SMILES string of the molecule is CC(C)[C@@H](OC(=O)CNS(=O)(=O)c1ccc2c(c1)CCCC2)C(=O)NC(N)=O. The quantitative estimate of drug-likeness (QED) is 0.561. The highest BCUT2D eigenvalue weighted by Gasteiger charge is 2.28. The van der Waals surface area contributed by atoms with Crippen molar-refractivity contribution in [2.24, 2.45) is 11.7 Å². The van der Waals surface area contributed by atoms with Gasteiger partial charge in [0.25, 0.3) is 5.91 Å². The van der Waals surface area contributed by atoms with E-state index in [1.165, 1.54) is 6.07 Å². The Morgan fingerprint density at radius 3 is 2.39 bits per heavy atom. The number of aryl methyl sites for hydroxylation is 2. The Kier molecular flexibility index (Phi) is 7.14. The topological polar surface area (TPSA) is 145 Å². The standard InChI is InChI=1S/C18H25N3O6S/c1-11(2)16(17(23)21-18(19)24)27-15(22)10-20-28(25,26)14-8-7-12-5-3-4-6-13(12)9-14/h7-9,11,16,20H,3-6,10H2,1-2H3,(H3,19,21,23,24)/t16-/m1/s1. The lowest BCUT2D eigenvalue weighted by atomic mass is 9.92. The maximum atomic E-state index is 12.5. The number of esters is 1. The van der Waals surface area contributed by atoms with Crippen LogP contribution in [0.2, 0.25) is 0 Å². The summed E-state index contributed by atoms with van der Waals surface area (Å²) in [4.78, 5) is 34.7. The lowest BCUT2D eigenvalue weighted by Crippen LogP contribution is -2.46. The van der Waals surface area contributed by atoms with Gasteiger partial charge >= 0.3 is 12.0 Å². The van der Waals surface area contributed by atoms with Gasteiger partial charge in [0, 0.05) is 0 Å². The molecule has 154 valence electrons. The summed E-state index contributed by atoms with van der Waals surface area (Å²) in [6.45, 7) is 2.57. The number of hydrogen-bond donors (Lipinski definition) is 3. The van der Waals surface area contributed by atoms with Crippen LogP contribution in [0.3, 0.4) is 0 Å². The molecule has 0 spiro atoms. The number of carbonyl (C=O) groups excluding carboxylic acids is 3. The van der Waals surface area contributed by atoms with Gasteiger partial charge in [-0.1, -0.05) is 19.9 Å². The van der Waals surface area contributed by atoms with Gasteiger partial charge in [0.1, 0.15) is 6.54 Å². The normalized spacial score (nSPS) is 14.8. The number of sulfonamides is 1. The van der Waals surface area contributed by atoms with E-state index in [-0.39, 0.29) is 4.90 Å². The number of rotatable bonds is 7. The van der Waals surface area contributed by atoms with E-state index in [0.717, 1.165) is 36.8 Å². The molecule has 1 aromatic carbocycles. The first-order chi connectivity index (χ1) is 13.1. The number of nitrogens with one attached hydrogen (secondary N) is 2. The number of hydrogen-bond acceptors (Lipinski definition) is 6. The molecule has 10 heteroatoms. The molecule has 0 heterocycles. The molecule has 0 fully saturated rings. The maximum absolute atomic E-state index is 12.5. The van der Waals surface area contributed by atoms with Crippen LogP contribution in [0, 0.1) is 5.92 Å². The van der Waals surface area contributed by atoms with Crippen molar-refractivity contribution >= 4 is 27.9 Å². The molecule has 0 aliphatic heterocycles. The predicted molar refractivity (Wildman–Crippen MR) is 101 cm³/mol. The summed E-state index contributed by atoms with van der Waals surface area (Å²) in [6.07, 6.45) is 2.59. The van der Waals surface area contributed by atoms with Gasteiger partial charge in [-0.3, -0.25) is 14.9 Å². The Bertz CT molecular complexity index is 866. The first kappa shape index (κ1) is 21.8. The molecular weight excluding hydrogens is 386 g/mol. The summed E-state index contributed by atoms with van der Waals surface area (Å²) in [5.41, 5.74) is 7.03. The molecule has 1 atom stereocenters. The van der Waals surface area contributed by atoms with Crippen molar-refractivity contribution in [2.45, 2.75) is 50.5 Å². The van der Waals surface area contributed by atoms with Crippen molar-refractivity contribution in [3.63, 3.8) is 0 Å². The van der Waals surface area contributed by atoms with Crippen LogP contribution in [0.1, 0.15) is 37.8 Å². The smallest absolute Gasteiger partial charge is 0.321 e. The Labute approximate surface area is 164 Å². The van der Waals surface area contributed by atoms with Gasteiger partial charge in [-0.05, 0) is 54.9 Å². The number of primary amides is 1. The predicted octanol–water partition coefficient (Wildman–Crippen LogP) is 0.606. The first-order valence-electron chi connectivity index (χ1n) is 9.01. The zero-order valence-corrected chi connectivity index (χ0v) is 16.7. The van der Waals surface area contributed by atoms with Crippen molar-refractivity contribution in [3.8, 4) is 0 Å². The Morgan fingerprint density at radius 2 is 1.79 bits per heavy atom. The van der Waals surface area contributed by atoms with E-state index in [0.29, 0.717) is 0 Å².